The molecule has 3 heterocycles. The lowest BCUT2D eigenvalue weighted by atomic mass is 9.86. The Morgan fingerprint density at radius 2 is 0.987 bits per heavy atom. The molecule has 0 N–H and O–H groups in total. The zero-order valence-corrected chi connectivity index (χ0v) is 44.1. The van der Waals surface area contributed by atoms with Gasteiger partial charge in [0.2, 0.25) is 0 Å². The lowest BCUT2D eigenvalue weighted by Crippen LogP contribution is -2.25. The molecule has 0 aliphatic carbocycles. The lowest BCUT2D eigenvalue weighted by molar-refractivity contribution is 0.485. The van der Waals surface area contributed by atoms with E-state index in [1.165, 1.54) is 44.6 Å². The van der Waals surface area contributed by atoms with E-state index in [2.05, 4.69) is 292 Å². The van der Waals surface area contributed by atoms with E-state index in [0.717, 1.165) is 89.6 Å². The van der Waals surface area contributed by atoms with Crippen LogP contribution in [0.15, 0.2) is 249 Å². The van der Waals surface area contributed by atoms with Gasteiger partial charge in [-0.2, -0.15) is 0 Å². The molecule has 10 aromatic carbocycles. The van der Waals surface area contributed by atoms with Crippen molar-refractivity contribution < 1.29 is 4.74 Å². The van der Waals surface area contributed by atoms with E-state index in [0.29, 0.717) is 6.67 Å². The van der Waals surface area contributed by atoms with E-state index in [1.807, 2.05) is 6.20 Å². The molecule has 0 amide bonds. The number of hydrogen-bond acceptors (Lipinski definition) is 4. The normalized spacial score (nSPS) is 12.4. The highest BCUT2D eigenvalue weighted by Gasteiger charge is 2.32. The van der Waals surface area contributed by atoms with Gasteiger partial charge < -0.3 is 14.5 Å². The fourth-order valence-electron chi connectivity index (χ4n) is 11.3. The van der Waals surface area contributed by atoms with Crippen molar-refractivity contribution in [2.45, 2.75) is 40.0 Å². The number of aromatic nitrogens is 2. The van der Waals surface area contributed by atoms with Crippen LogP contribution in [-0.2, 0) is 5.41 Å². The average molecular weight is 995 g/mol. The Balaban J connectivity index is 0.933. The van der Waals surface area contributed by atoms with Gasteiger partial charge in [0.15, 0.2) is 0 Å². The van der Waals surface area contributed by atoms with Gasteiger partial charge in [-0.3, -0.25) is 4.57 Å². The number of benzene rings is 10. The summed E-state index contributed by atoms with van der Waals surface area (Å²) in [5, 5.41) is 2.26. The van der Waals surface area contributed by atoms with Gasteiger partial charge in [0.1, 0.15) is 24.0 Å². The van der Waals surface area contributed by atoms with Crippen LogP contribution in [0.1, 0.15) is 37.5 Å². The number of para-hydroxylation sites is 3. The van der Waals surface area contributed by atoms with Gasteiger partial charge in [-0.15, -0.1) is 0 Å². The van der Waals surface area contributed by atoms with Crippen LogP contribution in [0.25, 0.3) is 83.3 Å². The van der Waals surface area contributed by atoms with Crippen molar-refractivity contribution >= 4 is 44.6 Å². The number of fused-ring (bicyclic) bond motifs is 4. The highest BCUT2D eigenvalue weighted by atomic mass is 16.5. The smallest absolute Gasteiger partial charge is 0.137 e. The maximum absolute atomic E-state index is 7.28. The number of ether oxygens (including phenoxy) is 1. The van der Waals surface area contributed by atoms with Gasteiger partial charge in [0.25, 0.3) is 0 Å². The van der Waals surface area contributed by atoms with Gasteiger partial charge in [-0.25, -0.2) is 4.98 Å². The Hall–Kier alpha value is -9.45. The van der Waals surface area contributed by atoms with Gasteiger partial charge in [-0.05, 0) is 112 Å². The van der Waals surface area contributed by atoms with E-state index >= 15 is 0 Å². The van der Waals surface area contributed by atoms with Crippen molar-refractivity contribution in [3.05, 3.63) is 266 Å². The second-order valence-corrected chi connectivity index (χ2v) is 21.4. The number of nitrogens with zero attached hydrogens (tertiary/aromatic N) is 4. The molecule has 5 heteroatoms. The second-order valence-electron chi connectivity index (χ2n) is 21.4. The quantitative estimate of drug-likeness (QED) is 0.137. The first kappa shape index (κ1) is 47.3. The first-order valence-corrected chi connectivity index (χ1v) is 26.6. The third kappa shape index (κ3) is 8.80. The van der Waals surface area contributed by atoms with Gasteiger partial charge in [-0.1, -0.05) is 208 Å². The minimum Gasteiger partial charge on any atom is -0.457 e. The predicted octanol–water partition coefficient (Wildman–Crippen LogP) is 19.5. The number of hydrogen-bond donors (Lipinski definition) is 0. The predicted molar refractivity (Wildman–Crippen MR) is 322 cm³/mol. The fourth-order valence-corrected chi connectivity index (χ4v) is 11.3. The molecule has 1 aliphatic heterocycles. The molecule has 2 aromatic heterocycles. The maximum atomic E-state index is 7.28. The third-order valence-corrected chi connectivity index (χ3v) is 15.3. The molecule has 13 rings (SSSR count). The van der Waals surface area contributed by atoms with Crippen LogP contribution in [-0.4, -0.2) is 16.2 Å². The molecular formula is C72H58N4O. The molecule has 0 spiro atoms. The van der Waals surface area contributed by atoms with Crippen molar-refractivity contribution in [2.24, 2.45) is 0 Å². The van der Waals surface area contributed by atoms with Crippen molar-refractivity contribution in [3.8, 4) is 73.0 Å². The molecule has 0 radical (unpaired) electrons. The molecule has 5 nitrogen and oxygen atoms in total. The lowest BCUT2D eigenvalue weighted by Gasteiger charge is -2.27. The molecule has 0 saturated heterocycles. The van der Waals surface area contributed by atoms with E-state index in [-0.39, 0.29) is 5.41 Å². The summed E-state index contributed by atoms with van der Waals surface area (Å²) in [6.45, 7) is 11.7. The summed E-state index contributed by atoms with van der Waals surface area (Å²) in [6, 6.07) is 87.5. The third-order valence-electron chi connectivity index (χ3n) is 15.3. The van der Waals surface area contributed by atoms with Crippen LogP contribution in [0.5, 0.6) is 11.5 Å². The molecule has 12 aromatic rings. The van der Waals surface area contributed by atoms with Crippen LogP contribution in [0.4, 0.5) is 22.7 Å². The molecule has 0 bridgehead atoms. The molecule has 0 atom stereocenters. The highest BCUT2D eigenvalue weighted by molar-refractivity contribution is 6.12. The minimum absolute atomic E-state index is 0.0506. The molecule has 0 fully saturated rings. The number of rotatable bonds is 10. The summed E-state index contributed by atoms with van der Waals surface area (Å²) < 4.78 is 9.58. The summed E-state index contributed by atoms with van der Waals surface area (Å²) >= 11 is 0. The molecular weight excluding hydrogens is 937 g/mol. The molecule has 0 unspecified atom stereocenters. The van der Waals surface area contributed by atoms with Crippen LogP contribution in [0, 0.1) is 13.8 Å². The molecule has 1 aliphatic rings. The van der Waals surface area contributed by atoms with Gasteiger partial charge in [0, 0.05) is 57.0 Å². The summed E-state index contributed by atoms with van der Waals surface area (Å²) in [5.74, 6) is 2.34. The average Bonchev–Trinajstić information content (AvgIpc) is 4.16. The zero-order chi connectivity index (χ0) is 52.2. The standard InChI is InChI=1S/C72H58N4O/c1-48-31-33-54(34-32-48)64-46-73-70(41-49(64)2)76-65-40-37-55(50-19-9-6-10-20-50)42-62(65)63-44-61(52-23-13-8-14-24-52)69(45-68(63)76)77-58-26-17-25-57(43-58)74-47-75(67-30-16-15-29-66(67)74)71-59(51-21-11-7-12-22-51)27-18-28-60(71)53-35-38-56(39-36-53)72(3,4)5/h6-46H,47H2,1-5H3. The fraction of sp³-hybridized carbons (Fsp3) is 0.0972. The van der Waals surface area contributed by atoms with Crippen molar-refractivity contribution in [1.82, 2.24) is 9.55 Å². The largest absolute Gasteiger partial charge is 0.457 e. The number of anilines is 4. The first-order valence-electron chi connectivity index (χ1n) is 26.6. The topological polar surface area (TPSA) is 33.5 Å². The molecule has 0 saturated carbocycles. The highest BCUT2D eigenvalue weighted by Crippen LogP contribution is 2.51. The van der Waals surface area contributed by atoms with E-state index in [1.54, 1.807) is 0 Å². The zero-order valence-electron chi connectivity index (χ0n) is 44.1. The second kappa shape index (κ2) is 19.4. The van der Waals surface area contributed by atoms with Crippen molar-refractivity contribution in [1.29, 1.82) is 0 Å². The Labute approximate surface area is 451 Å². The Kier molecular flexibility index (Phi) is 11.9. The SMILES string of the molecule is Cc1ccc(-c2cnc(-n3c4ccc(-c5ccccc5)cc4c4cc(-c5ccccc5)c(Oc5cccc(N6CN(c7c(-c8ccccc8)cccc7-c7ccc(C(C)(C)C)cc7)c7ccccc76)c5)cc43)cc2C)cc1. The van der Waals surface area contributed by atoms with Crippen molar-refractivity contribution in [3.63, 3.8) is 0 Å². The summed E-state index contributed by atoms with van der Waals surface area (Å²) in [7, 11) is 0. The van der Waals surface area contributed by atoms with Gasteiger partial charge in [0.05, 0.1) is 28.1 Å². The Morgan fingerprint density at radius 3 is 1.65 bits per heavy atom. The van der Waals surface area contributed by atoms with Crippen LogP contribution >= 0.6 is 0 Å². The number of pyridine rings is 1. The van der Waals surface area contributed by atoms with Crippen LogP contribution < -0.4 is 14.5 Å². The number of aryl methyl sites for hydroxylation is 2. The van der Waals surface area contributed by atoms with Gasteiger partial charge >= 0.3 is 0 Å². The molecule has 372 valence electrons. The van der Waals surface area contributed by atoms with Crippen LogP contribution in [0.3, 0.4) is 0 Å². The van der Waals surface area contributed by atoms with E-state index in [9.17, 15) is 0 Å². The van der Waals surface area contributed by atoms with Crippen molar-refractivity contribution in [2.75, 3.05) is 16.5 Å². The maximum Gasteiger partial charge on any atom is 0.137 e. The monoisotopic (exact) mass is 994 g/mol. The minimum atomic E-state index is 0.0506. The Morgan fingerprint density at radius 1 is 0.429 bits per heavy atom. The summed E-state index contributed by atoms with van der Waals surface area (Å²) in [6.07, 6.45) is 2.02. The molecule has 77 heavy (non-hydrogen) atoms. The van der Waals surface area contributed by atoms with Crippen LogP contribution in [0.2, 0.25) is 0 Å². The van der Waals surface area contributed by atoms with E-state index in [4.69, 9.17) is 9.72 Å². The Bertz CT molecular complexity index is 4140. The summed E-state index contributed by atoms with van der Waals surface area (Å²) in [5.41, 5.74) is 21.7. The summed E-state index contributed by atoms with van der Waals surface area (Å²) in [4.78, 5) is 10.1. The van der Waals surface area contributed by atoms with E-state index < -0.39 is 0 Å². The first-order chi connectivity index (χ1) is 37.6.